The monoisotopic (exact) mass is 529 g/mol. The Balaban J connectivity index is 0.00000300. The van der Waals surface area contributed by atoms with Gasteiger partial charge in [0, 0.05) is 43.8 Å². The van der Waals surface area contributed by atoms with Crippen LogP contribution in [0.2, 0.25) is 0 Å². The molecule has 1 aliphatic heterocycles. The van der Waals surface area contributed by atoms with Crippen molar-refractivity contribution in [2.45, 2.75) is 33.9 Å². The van der Waals surface area contributed by atoms with Gasteiger partial charge in [-0.05, 0) is 45.5 Å². The topological polar surface area (TPSA) is 68.7 Å². The van der Waals surface area contributed by atoms with Crippen molar-refractivity contribution in [3.8, 4) is 0 Å². The van der Waals surface area contributed by atoms with Crippen LogP contribution in [0.5, 0.6) is 0 Å². The molecule has 7 nitrogen and oxygen atoms in total. The van der Waals surface area contributed by atoms with Gasteiger partial charge in [0.05, 0.1) is 23.8 Å². The average molecular weight is 529 g/mol. The van der Waals surface area contributed by atoms with Gasteiger partial charge in [-0.15, -0.1) is 35.3 Å². The fourth-order valence-corrected chi connectivity index (χ4v) is 4.06. The van der Waals surface area contributed by atoms with E-state index in [1.807, 2.05) is 19.2 Å². The van der Waals surface area contributed by atoms with Gasteiger partial charge in [0.2, 0.25) is 0 Å². The second-order valence-electron chi connectivity index (χ2n) is 7.10. The summed E-state index contributed by atoms with van der Waals surface area (Å²) in [6, 6.07) is 4.21. The molecule has 2 N–H and O–H groups in total. The van der Waals surface area contributed by atoms with Crippen molar-refractivity contribution >= 4 is 47.1 Å². The van der Waals surface area contributed by atoms with Crippen molar-refractivity contribution in [3.63, 3.8) is 0 Å². The van der Waals surface area contributed by atoms with Crippen LogP contribution in [0, 0.1) is 13.8 Å². The van der Waals surface area contributed by atoms with Gasteiger partial charge in [-0.25, -0.2) is 15.0 Å². The Bertz CT molecular complexity index is 800. The van der Waals surface area contributed by atoms with Crippen LogP contribution in [0.3, 0.4) is 0 Å². The van der Waals surface area contributed by atoms with E-state index >= 15 is 0 Å². The van der Waals surface area contributed by atoms with Gasteiger partial charge in [0.15, 0.2) is 5.96 Å². The van der Waals surface area contributed by atoms with Gasteiger partial charge in [-0.2, -0.15) is 0 Å². The summed E-state index contributed by atoms with van der Waals surface area (Å²) in [5, 5.41) is 7.85. The molecule has 0 radical (unpaired) electrons. The number of aryl methyl sites for hydroxylation is 2. The molecule has 1 fully saturated rings. The molecule has 0 unspecified atom stereocenters. The van der Waals surface area contributed by atoms with E-state index in [4.69, 9.17) is 4.99 Å². The minimum Gasteiger partial charge on any atom is -0.357 e. The van der Waals surface area contributed by atoms with E-state index in [1.54, 1.807) is 11.3 Å². The van der Waals surface area contributed by atoms with Crippen LogP contribution in [0.1, 0.15) is 28.1 Å². The highest BCUT2D eigenvalue weighted by Gasteiger charge is 2.15. The number of aliphatic imine (C=N–C) groups is 1. The van der Waals surface area contributed by atoms with Crippen molar-refractivity contribution in [3.05, 3.63) is 39.5 Å². The number of rotatable bonds is 6. The predicted octanol–water partition coefficient (Wildman–Crippen LogP) is 2.78. The average Bonchev–Trinajstić information content (AvgIpc) is 3.02. The first kappa shape index (κ1) is 23.8. The highest BCUT2D eigenvalue weighted by molar-refractivity contribution is 14.0. The first-order valence-electron chi connectivity index (χ1n) is 9.88. The molecular weight excluding hydrogens is 497 g/mol. The smallest absolute Gasteiger partial charge is 0.191 e. The number of halogens is 1. The Morgan fingerprint density at radius 2 is 1.97 bits per heavy atom. The number of thiazole rings is 1. The van der Waals surface area contributed by atoms with Gasteiger partial charge in [0.25, 0.3) is 0 Å². The number of aromatic nitrogens is 2. The van der Waals surface area contributed by atoms with Gasteiger partial charge in [0.1, 0.15) is 5.82 Å². The predicted molar refractivity (Wildman–Crippen MR) is 133 cm³/mol. The van der Waals surface area contributed by atoms with Crippen LogP contribution in [0.15, 0.2) is 23.3 Å². The molecule has 0 aromatic carbocycles. The van der Waals surface area contributed by atoms with Crippen molar-refractivity contribution in [1.29, 1.82) is 0 Å². The maximum Gasteiger partial charge on any atom is 0.191 e. The maximum absolute atomic E-state index is 4.76. The minimum absolute atomic E-state index is 0. The fourth-order valence-electron chi connectivity index (χ4n) is 3.18. The zero-order chi connectivity index (χ0) is 19.9. The third-order valence-electron chi connectivity index (χ3n) is 4.82. The Labute approximate surface area is 195 Å². The molecule has 29 heavy (non-hydrogen) atoms. The van der Waals surface area contributed by atoms with Crippen LogP contribution >= 0.6 is 35.3 Å². The number of nitrogens with one attached hydrogen (secondary N) is 2. The largest absolute Gasteiger partial charge is 0.357 e. The van der Waals surface area contributed by atoms with Crippen molar-refractivity contribution in [2.75, 3.05) is 44.7 Å². The maximum atomic E-state index is 4.76. The van der Waals surface area contributed by atoms with Crippen LogP contribution in [0.25, 0.3) is 0 Å². The third-order valence-corrected chi connectivity index (χ3v) is 5.89. The number of hydrogen-bond donors (Lipinski definition) is 2. The van der Waals surface area contributed by atoms with E-state index in [0.29, 0.717) is 6.54 Å². The Kier molecular flexibility index (Phi) is 9.57. The number of guanidine groups is 1. The van der Waals surface area contributed by atoms with Gasteiger partial charge >= 0.3 is 0 Å². The van der Waals surface area contributed by atoms with E-state index in [9.17, 15) is 0 Å². The van der Waals surface area contributed by atoms with E-state index in [1.165, 1.54) is 10.4 Å². The van der Waals surface area contributed by atoms with Crippen LogP contribution in [0.4, 0.5) is 5.82 Å². The zero-order valence-corrected chi connectivity index (χ0v) is 20.9. The van der Waals surface area contributed by atoms with E-state index in [2.05, 4.69) is 57.4 Å². The molecule has 3 rings (SSSR count). The lowest BCUT2D eigenvalue weighted by Crippen LogP contribution is -2.44. The van der Waals surface area contributed by atoms with Crippen molar-refractivity contribution in [2.24, 2.45) is 4.99 Å². The number of anilines is 1. The number of likely N-dealkylation sites (N-methyl/N-ethyl adjacent to an activating group) is 1. The number of piperazine rings is 1. The molecule has 2 aromatic rings. The standard InChI is InChI=1S/C20H31N7S.HI/c1-5-21-20(24-14-18-15(2)25-16(3)28-18)23-13-17-6-7-22-19(12-17)27-10-8-26(4)9-11-27;/h6-7,12H,5,8-11,13-14H2,1-4H3,(H2,21,23,24);1H. The van der Waals surface area contributed by atoms with E-state index in [0.717, 1.165) is 61.7 Å². The molecule has 0 spiro atoms. The molecule has 2 aromatic heterocycles. The molecular formula is C20H32IN7S. The van der Waals surface area contributed by atoms with Crippen LogP contribution < -0.4 is 15.5 Å². The highest BCUT2D eigenvalue weighted by Crippen LogP contribution is 2.17. The molecule has 0 aliphatic carbocycles. The zero-order valence-electron chi connectivity index (χ0n) is 17.7. The molecule has 0 atom stereocenters. The summed E-state index contributed by atoms with van der Waals surface area (Å²) in [6.07, 6.45) is 1.89. The molecule has 1 saturated heterocycles. The lowest BCUT2D eigenvalue weighted by molar-refractivity contribution is 0.312. The van der Waals surface area contributed by atoms with Crippen molar-refractivity contribution < 1.29 is 0 Å². The second kappa shape index (κ2) is 11.7. The van der Waals surface area contributed by atoms with Crippen LogP contribution in [-0.4, -0.2) is 60.6 Å². The third kappa shape index (κ3) is 7.07. The van der Waals surface area contributed by atoms with Gasteiger partial charge < -0.3 is 20.4 Å². The van der Waals surface area contributed by atoms with E-state index < -0.39 is 0 Å². The molecule has 1 aliphatic rings. The number of hydrogen-bond acceptors (Lipinski definition) is 6. The SMILES string of the molecule is CCNC(=NCc1ccnc(N2CCN(C)CC2)c1)NCc1sc(C)nc1C.I. The number of nitrogens with zero attached hydrogens (tertiary/aromatic N) is 5. The highest BCUT2D eigenvalue weighted by atomic mass is 127. The lowest BCUT2D eigenvalue weighted by atomic mass is 10.2. The van der Waals surface area contributed by atoms with Crippen LogP contribution in [-0.2, 0) is 13.1 Å². The molecule has 3 heterocycles. The molecule has 0 bridgehead atoms. The summed E-state index contributed by atoms with van der Waals surface area (Å²) in [7, 11) is 2.17. The Hall–Kier alpha value is -1.46. The molecule has 9 heteroatoms. The van der Waals surface area contributed by atoms with Gasteiger partial charge in [-0.1, -0.05) is 0 Å². The van der Waals surface area contributed by atoms with E-state index in [-0.39, 0.29) is 24.0 Å². The Morgan fingerprint density at radius 3 is 2.62 bits per heavy atom. The summed E-state index contributed by atoms with van der Waals surface area (Å²) < 4.78 is 0. The fraction of sp³-hybridized carbons (Fsp3) is 0.550. The molecule has 0 amide bonds. The first-order chi connectivity index (χ1) is 13.5. The molecule has 0 saturated carbocycles. The summed E-state index contributed by atoms with van der Waals surface area (Å²) in [4.78, 5) is 19.8. The summed E-state index contributed by atoms with van der Waals surface area (Å²) in [5.74, 6) is 1.88. The van der Waals surface area contributed by atoms with Gasteiger partial charge in [-0.3, -0.25) is 0 Å². The quantitative estimate of drug-likeness (QED) is 0.341. The Morgan fingerprint density at radius 1 is 1.21 bits per heavy atom. The summed E-state index contributed by atoms with van der Waals surface area (Å²) in [5.41, 5.74) is 2.27. The second-order valence-corrected chi connectivity index (χ2v) is 8.39. The number of pyridine rings is 1. The summed E-state index contributed by atoms with van der Waals surface area (Å²) >= 11 is 1.73. The first-order valence-corrected chi connectivity index (χ1v) is 10.7. The normalized spacial score (nSPS) is 15.2. The molecule has 160 valence electrons. The lowest BCUT2D eigenvalue weighted by Gasteiger charge is -2.33. The minimum atomic E-state index is 0. The summed E-state index contributed by atoms with van der Waals surface area (Å²) in [6.45, 7) is 12.6. The van der Waals surface area contributed by atoms with Crippen molar-refractivity contribution in [1.82, 2.24) is 25.5 Å².